The van der Waals surface area contributed by atoms with Crippen molar-refractivity contribution in [3.05, 3.63) is 28.8 Å². The minimum Gasteiger partial charge on any atom is -0.381 e. The summed E-state index contributed by atoms with van der Waals surface area (Å²) in [6, 6.07) is 9.88. The van der Waals surface area contributed by atoms with E-state index in [1.807, 2.05) is 12.1 Å². The number of nitriles is 2. The molecular weight excluding hydrogens is 246 g/mol. The molecule has 0 radical (unpaired) electrons. The fraction of sp³-hybridized carbons (Fsp3) is 0.429. The van der Waals surface area contributed by atoms with Crippen LogP contribution in [0.15, 0.2) is 18.2 Å². The highest BCUT2D eigenvalue weighted by atomic mass is 35.5. The third kappa shape index (κ3) is 2.75. The number of nitrogens with zero attached hydrogens (tertiary/aromatic N) is 2. The van der Waals surface area contributed by atoms with Gasteiger partial charge in [0.2, 0.25) is 0 Å². The molecule has 0 saturated heterocycles. The van der Waals surface area contributed by atoms with Crippen molar-refractivity contribution in [2.24, 2.45) is 5.92 Å². The molecule has 0 aromatic heterocycles. The van der Waals surface area contributed by atoms with E-state index in [0.717, 1.165) is 31.4 Å². The minimum atomic E-state index is 0.0631. The number of nitrogens with one attached hydrogen (secondary N) is 1. The van der Waals surface area contributed by atoms with Crippen LogP contribution in [0.25, 0.3) is 0 Å². The molecule has 2 atom stereocenters. The van der Waals surface area contributed by atoms with Gasteiger partial charge >= 0.3 is 0 Å². The Hall–Kier alpha value is -1.71. The molecule has 4 heteroatoms. The van der Waals surface area contributed by atoms with Gasteiger partial charge in [0.15, 0.2) is 0 Å². The average Bonchev–Trinajstić information content (AvgIpc) is 2.39. The molecule has 1 aromatic carbocycles. The van der Waals surface area contributed by atoms with E-state index in [0.29, 0.717) is 10.6 Å². The van der Waals surface area contributed by atoms with E-state index in [4.69, 9.17) is 22.1 Å². The van der Waals surface area contributed by atoms with Gasteiger partial charge in [0.1, 0.15) is 6.07 Å². The van der Waals surface area contributed by atoms with Gasteiger partial charge in [-0.05, 0) is 31.0 Å². The number of halogens is 1. The molecule has 3 nitrogen and oxygen atoms in total. The first-order valence-corrected chi connectivity index (χ1v) is 6.48. The first-order valence-electron chi connectivity index (χ1n) is 6.10. The summed E-state index contributed by atoms with van der Waals surface area (Å²) in [4.78, 5) is 0. The van der Waals surface area contributed by atoms with Crippen LogP contribution < -0.4 is 5.32 Å². The quantitative estimate of drug-likeness (QED) is 0.881. The molecule has 92 valence electrons. The second kappa shape index (κ2) is 5.76. The SMILES string of the molecule is N#Cc1ccc(NC2CCCCC2C#N)cc1Cl. The van der Waals surface area contributed by atoms with Crippen LogP contribution in [0.4, 0.5) is 5.69 Å². The highest BCUT2D eigenvalue weighted by Crippen LogP contribution is 2.28. The normalized spacial score (nSPS) is 22.8. The molecule has 1 N–H and O–H groups in total. The van der Waals surface area contributed by atoms with E-state index in [-0.39, 0.29) is 12.0 Å². The van der Waals surface area contributed by atoms with Crippen molar-refractivity contribution in [2.75, 3.05) is 5.32 Å². The predicted octanol–water partition coefficient (Wildman–Crippen LogP) is 3.71. The molecule has 0 amide bonds. The molecule has 1 aliphatic rings. The van der Waals surface area contributed by atoms with Crippen molar-refractivity contribution >= 4 is 17.3 Å². The third-order valence-corrected chi connectivity index (χ3v) is 3.69. The fourth-order valence-corrected chi connectivity index (χ4v) is 2.59. The lowest BCUT2D eigenvalue weighted by atomic mass is 9.85. The van der Waals surface area contributed by atoms with E-state index in [9.17, 15) is 0 Å². The van der Waals surface area contributed by atoms with Gasteiger partial charge in [-0.15, -0.1) is 0 Å². The number of hydrogen-bond acceptors (Lipinski definition) is 3. The summed E-state index contributed by atoms with van der Waals surface area (Å²) in [6.45, 7) is 0. The largest absolute Gasteiger partial charge is 0.381 e. The lowest BCUT2D eigenvalue weighted by Gasteiger charge is -2.28. The Morgan fingerprint density at radius 3 is 2.67 bits per heavy atom. The molecule has 2 rings (SSSR count). The Morgan fingerprint density at radius 2 is 2.00 bits per heavy atom. The first kappa shape index (κ1) is 12.7. The van der Waals surface area contributed by atoms with Gasteiger partial charge in [0.25, 0.3) is 0 Å². The van der Waals surface area contributed by atoms with Crippen LogP contribution >= 0.6 is 11.6 Å². The van der Waals surface area contributed by atoms with Gasteiger partial charge in [0, 0.05) is 11.7 Å². The molecule has 1 aromatic rings. The number of rotatable bonds is 2. The second-order valence-electron chi connectivity index (χ2n) is 4.58. The summed E-state index contributed by atoms with van der Waals surface area (Å²) < 4.78 is 0. The number of hydrogen-bond donors (Lipinski definition) is 1. The molecule has 0 bridgehead atoms. The van der Waals surface area contributed by atoms with Gasteiger partial charge in [0.05, 0.1) is 22.6 Å². The molecule has 2 unspecified atom stereocenters. The Bertz CT molecular complexity index is 513. The van der Waals surface area contributed by atoms with Crippen molar-refractivity contribution in [3.8, 4) is 12.1 Å². The maximum absolute atomic E-state index is 9.12. The molecule has 0 spiro atoms. The lowest BCUT2D eigenvalue weighted by Crippen LogP contribution is -2.31. The Balaban J connectivity index is 2.11. The van der Waals surface area contributed by atoms with Gasteiger partial charge in [-0.1, -0.05) is 24.4 Å². The zero-order valence-corrected chi connectivity index (χ0v) is 10.7. The first-order chi connectivity index (χ1) is 8.74. The summed E-state index contributed by atoms with van der Waals surface area (Å²) >= 11 is 5.99. The van der Waals surface area contributed by atoms with Crippen molar-refractivity contribution in [1.29, 1.82) is 10.5 Å². The smallest absolute Gasteiger partial charge is 0.101 e. The molecule has 1 saturated carbocycles. The molecule has 1 fully saturated rings. The van der Waals surface area contributed by atoms with Gasteiger partial charge in [-0.25, -0.2) is 0 Å². The summed E-state index contributed by atoms with van der Waals surface area (Å²) in [5, 5.41) is 21.7. The zero-order chi connectivity index (χ0) is 13.0. The maximum Gasteiger partial charge on any atom is 0.101 e. The Kier molecular flexibility index (Phi) is 4.07. The minimum absolute atomic E-state index is 0.0631. The third-order valence-electron chi connectivity index (χ3n) is 3.37. The highest BCUT2D eigenvalue weighted by molar-refractivity contribution is 6.32. The summed E-state index contributed by atoms with van der Waals surface area (Å²) in [5.41, 5.74) is 1.36. The highest BCUT2D eigenvalue weighted by Gasteiger charge is 2.24. The van der Waals surface area contributed by atoms with Crippen LogP contribution in [-0.2, 0) is 0 Å². The van der Waals surface area contributed by atoms with Gasteiger partial charge < -0.3 is 5.32 Å². The van der Waals surface area contributed by atoms with Crippen LogP contribution in [0.2, 0.25) is 5.02 Å². The summed E-state index contributed by atoms with van der Waals surface area (Å²) in [6.07, 6.45) is 4.25. The summed E-state index contributed by atoms with van der Waals surface area (Å²) in [5.74, 6) is 0.0631. The van der Waals surface area contributed by atoms with Crippen LogP contribution in [0.1, 0.15) is 31.2 Å². The second-order valence-corrected chi connectivity index (χ2v) is 4.98. The zero-order valence-electron chi connectivity index (χ0n) is 9.99. The predicted molar refractivity (Wildman–Crippen MR) is 71.1 cm³/mol. The van der Waals surface area contributed by atoms with Crippen LogP contribution in [-0.4, -0.2) is 6.04 Å². The molecule has 0 heterocycles. The topological polar surface area (TPSA) is 59.6 Å². The van der Waals surface area contributed by atoms with Crippen LogP contribution in [0.3, 0.4) is 0 Å². The van der Waals surface area contributed by atoms with Crippen molar-refractivity contribution in [2.45, 2.75) is 31.7 Å². The van der Waals surface area contributed by atoms with Crippen molar-refractivity contribution < 1.29 is 0 Å². The monoisotopic (exact) mass is 259 g/mol. The Morgan fingerprint density at radius 1 is 1.22 bits per heavy atom. The molecule has 18 heavy (non-hydrogen) atoms. The standard InChI is InChI=1S/C14H14ClN3/c15-13-7-12(6-5-10(13)8-16)18-14-4-2-1-3-11(14)9-17/h5-7,11,14,18H,1-4H2. The fourth-order valence-electron chi connectivity index (χ4n) is 2.37. The van der Waals surface area contributed by atoms with E-state index in [2.05, 4.69) is 11.4 Å². The van der Waals surface area contributed by atoms with Crippen molar-refractivity contribution in [3.63, 3.8) is 0 Å². The van der Waals surface area contributed by atoms with Gasteiger partial charge in [-0.3, -0.25) is 0 Å². The van der Waals surface area contributed by atoms with E-state index in [1.54, 1.807) is 12.1 Å². The van der Waals surface area contributed by atoms with E-state index < -0.39 is 0 Å². The molecule has 1 aliphatic carbocycles. The van der Waals surface area contributed by atoms with E-state index in [1.165, 1.54) is 0 Å². The molecule has 0 aliphatic heterocycles. The number of anilines is 1. The summed E-state index contributed by atoms with van der Waals surface area (Å²) in [7, 11) is 0. The number of benzene rings is 1. The van der Waals surface area contributed by atoms with Crippen molar-refractivity contribution in [1.82, 2.24) is 0 Å². The van der Waals surface area contributed by atoms with E-state index >= 15 is 0 Å². The molecular formula is C14H14ClN3. The van der Waals surface area contributed by atoms with Gasteiger partial charge in [-0.2, -0.15) is 10.5 Å². The van der Waals surface area contributed by atoms with Crippen LogP contribution in [0.5, 0.6) is 0 Å². The van der Waals surface area contributed by atoms with Crippen LogP contribution in [0, 0.1) is 28.6 Å². The average molecular weight is 260 g/mol. The Labute approximate surface area is 112 Å². The maximum atomic E-state index is 9.12. The lowest BCUT2D eigenvalue weighted by molar-refractivity contribution is 0.389.